The largest absolute Gasteiger partial charge is 1.00 e. The Kier molecular flexibility index (Phi) is 36.3. The minimum atomic E-state index is 0. The van der Waals surface area contributed by atoms with Gasteiger partial charge >= 0.3 is 94.2 Å². The molecule has 0 aromatic carbocycles. The zero-order valence-electron chi connectivity index (χ0n) is 15.8. The number of rotatable bonds is 18. The predicted octanol–water partition coefficient (Wildman–Crippen LogP) is 1.62. The maximum Gasteiger partial charge on any atom is -1.00 e. The number of hydrogen-bond acceptors (Lipinski definition) is 0. The molecule has 23 heavy (non-hydrogen) atoms. The van der Waals surface area contributed by atoms with Crippen LogP contribution in [-0.2, 0) is 0 Å². The summed E-state index contributed by atoms with van der Waals surface area (Å²) >= 11 is 1.90. The second kappa shape index (κ2) is 28.4. The van der Waals surface area contributed by atoms with E-state index < -0.39 is 0 Å². The van der Waals surface area contributed by atoms with E-state index in [0.29, 0.717) is 0 Å². The fourth-order valence-corrected chi connectivity index (χ4v) is 3.65. The second-order valence-corrected chi connectivity index (χ2v) is 8.01. The van der Waals surface area contributed by atoms with Crippen molar-refractivity contribution in [2.75, 3.05) is 0 Å². The molecule has 0 atom stereocenters. The molecule has 0 unspecified atom stereocenters. The first-order valence-corrected chi connectivity index (χ1v) is 11.8. The van der Waals surface area contributed by atoms with Crippen LogP contribution >= 0.6 is 0 Å². The van der Waals surface area contributed by atoms with Crippen molar-refractivity contribution in [2.24, 2.45) is 0 Å². The SMILES string of the molecule is CCCCCCCCCCCCCCCCCCC[CH2][Ga+2].[Br-].[Br-]. The molecule has 0 nitrogen and oxygen atoms in total. The Morgan fingerprint density at radius 3 is 0.826 bits per heavy atom. The maximum atomic E-state index is 2.30. The van der Waals surface area contributed by atoms with Crippen LogP contribution < -0.4 is 34.0 Å². The summed E-state index contributed by atoms with van der Waals surface area (Å²) in [6, 6.07) is 0. The average Bonchev–Trinajstić information content (AvgIpc) is 2.50. The van der Waals surface area contributed by atoms with Gasteiger partial charge in [0.05, 0.1) is 0 Å². The van der Waals surface area contributed by atoms with E-state index in [1.165, 1.54) is 121 Å². The average molecular weight is 511 g/mol. The molecule has 0 aromatic rings. The summed E-state index contributed by atoms with van der Waals surface area (Å²) in [5, 5.41) is 0. The van der Waals surface area contributed by atoms with Gasteiger partial charge in [0.15, 0.2) is 0 Å². The smallest absolute Gasteiger partial charge is 1.00 e. The van der Waals surface area contributed by atoms with Crippen LogP contribution in [0.2, 0.25) is 4.98 Å². The van der Waals surface area contributed by atoms with Crippen LogP contribution in [0.3, 0.4) is 0 Å². The van der Waals surface area contributed by atoms with Crippen LogP contribution in [-0.4, -0.2) is 18.6 Å². The monoisotopic (exact) mass is 508 g/mol. The summed E-state index contributed by atoms with van der Waals surface area (Å²) < 4.78 is 0. The Hall–Kier alpha value is 1.60. The molecule has 0 aromatic heterocycles. The van der Waals surface area contributed by atoms with E-state index >= 15 is 0 Å². The zero-order valence-corrected chi connectivity index (χ0v) is 21.4. The minimum absolute atomic E-state index is 0. The van der Waals surface area contributed by atoms with Gasteiger partial charge in [-0.05, 0) is 0 Å². The molecule has 0 heterocycles. The first kappa shape index (κ1) is 29.4. The summed E-state index contributed by atoms with van der Waals surface area (Å²) in [5.74, 6) is 0. The first-order chi connectivity index (χ1) is 10.4. The van der Waals surface area contributed by atoms with Gasteiger partial charge in [0.2, 0.25) is 0 Å². The number of halogens is 2. The van der Waals surface area contributed by atoms with Crippen molar-refractivity contribution in [1.29, 1.82) is 0 Å². The second-order valence-electron chi connectivity index (χ2n) is 6.80. The van der Waals surface area contributed by atoms with Crippen molar-refractivity contribution in [1.82, 2.24) is 0 Å². The summed E-state index contributed by atoms with van der Waals surface area (Å²) in [5.41, 5.74) is 0. The van der Waals surface area contributed by atoms with E-state index in [1.54, 1.807) is 0 Å². The first-order valence-electron chi connectivity index (χ1n) is 10.1. The molecule has 0 bridgehead atoms. The van der Waals surface area contributed by atoms with E-state index in [1.807, 2.05) is 18.6 Å². The van der Waals surface area contributed by atoms with Crippen LogP contribution in [0.1, 0.15) is 122 Å². The standard InChI is InChI=1S/C20H41.2BrH.Ga/c1-3-5-7-9-11-13-15-17-19-20-18-16-14-12-10-8-6-4-2;;;/h1,3-20H2,2H3;2*1H;/q;;;+2/p-2. The molecule has 3 heteroatoms. The third kappa shape index (κ3) is 28.7. The maximum absolute atomic E-state index is 2.30. The fourth-order valence-electron chi connectivity index (χ4n) is 3.05. The fraction of sp³-hybridized carbons (Fsp3) is 1.00. The van der Waals surface area contributed by atoms with Gasteiger partial charge in [-0.25, -0.2) is 0 Å². The molecule has 0 radical (unpaired) electrons. The van der Waals surface area contributed by atoms with Crippen LogP contribution in [0.15, 0.2) is 0 Å². The van der Waals surface area contributed by atoms with Crippen LogP contribution in [0.4, 0.5) is 0 Å². The molecule has 0 aliphatic carbocycles. The van der Waals surface area contributed by atoms with E-state index in [0.717, 1.165) is 0 Å². The summed E-state index contributed by atoms with van der Waals surface area (Å²) in [4.78, 5) is 1.44. The van der Waals surface area contributed by atoms with Gasteiger partial charge in [-0.2, -0.15) is 0 Å². The summed E-state index contributed by atoms with van der Waals surface area (Å²) in [6.45, 7) is 2.30. The quantitative estimate of drug-likeness (QED) is 0.194. The van der Waals surface area contributed by atoms with E-state index in [9.17, 15) is 0 Å². The van der Waals surface area contributed by atoms with Crippen molar-refractivity contribution in [2.45, 2.75) is 127 Å². The van der Waals surface area contributed by atoms with Gasteiger partial charge in [0.1, 0.15) is 0 Å². The van der Waals surface area contributed by atoms with Crippen molar-refractivity contribution >= 4 is 18.6 Å². The number of hydrogen-bond donors (Lipinski definition) is 0. The molecule has 0 fully saturated rings. The van der Waals surface area contributed by atoms with Gasteiger partial charge in [-0.3, -0.25) is 0 Å². The molecule has 0 aliphatic heterocycles. The molecule has 0 saturated heterocycles. The molecule has 0 saturated carbocycles. The van der Waals surface area contributed by atoms with Gasteiger partial charge in [-0.1, -0.05) is 51.9 Å². The Morgan fingerprint density at radius 2 is 0.609 bits per heavy atom. The third-order valence-corrected chi connectivity index (χ3v) is 5.41. The minimum Gasteiger partial charge on any atom is -1.00 e. The van der Waals surface area contributed by atoms with Gasteiger partial charge in [0.25, 0.3) is 0 Å². The Balaban J connectivity index is -0.00000200. The van der Waals surface area contributed by atoms with Gasteiger partial charge in [-0.15, -0.1) is 0 Å². The predicted molar refractivity (Wildman–Crippen MR) is 99.3 cm³/mol. The van der Waals surface area contributed by atoms with Crippen LogP contribution in [0.25, 0.3) is 0 Å². The third-order valence-electron chi connectivity index (χ3n) is 4.56. The molecule has 0 spiro atoms. The molecule has 0 aliphatic rings. The summed E-state index contributed by atoms with van der Waals surface area (Å²) in [6.07, 6.45) is 26.6. The Bertz CT molecular complexity index is 159. The van der Waals surface area contributed by atoms with Crippen LogP contribution in [0.5, 0.6) is 0 Å². The van der Waals surface area contributed by atoms with E-state index in [2.05, 4.69) is 6.92 Å². The Labute approximate surface area is 179 Å². The molecular weight excluding hydrogens is 470 g/mol. The van der Waals surface area contributed by atoms with Gasteiger partial charge < -0.3 is 34.0 Å². The summed E-state index contributed by atoms with van der Waals surface area (Å²) in [7, 11) is 0. The van der Waals surface area contributed by atoms with Crippen LogP contribution in [0, 0.1) is 0 Å². The van der Waals surface area contributed by atoms with Crippen molar-refractivity contribution in [3.8, 4) is 0 Å². The van der Waals surface area contributed by atoms with E-state index in [-0.39, 0.29) is 34.0 Å². The Morgan fingerprint density at radius 1 is 0.391 bits per heavy atom. The number of unbranched alkanes of at least 4 members (excludes halogenated alkanes) is 17. The van der Waals surface area contributed by atoms with Crippen molar-refractivity contribution in [3.63, 3.8) is 0 Å². The molecule has 0 rings (SSSR count). The van der Waals surface area contributed by atoms with Crippen molar-refractivity contribution in [3.05, 3.63) is 0 Å². The normalized spacial score (nSPS) is 10.2. The molecule has 0 N–H and O–H groups in total. The van der Waals surface area contributed by atoms with E-state index in [4.69, 9.17) is 0 Å². The molecule has 138 valence electrons. The van der Waals surface area contributed by atoms with Crippen molar-refractivity contribution < 1.29 is 34.0 Å². The molecule has 0 amide bonds. The topological polar surface area (TPSA) is 0 Å². The molecular formula is C20H41Br2Ga. The van der Waals surface area contributed by atoms with Gasteiger partial charge in [0, 0.05) is 0 Å². The zero-order chi connectivity index (χ0) is 15.4.